The van der Waals surface area contributed by atoms with Gasteiger partial charge in [-0.25, -0.2) is 0 Å². The van der Waals surface area contributed by atoms with Crippen LogP contribution in [0.5, 0.6) is 11.5 Å². The Bertz CT molecular complexity index is 616. The van der Waals surface area contributed by atoms with Crippen LogP contribution in [0.1, 0.15) is 38.2 Å². The van der Waals surface area contributed by atoms with E-state index in [4.69, 9.17) is 27.5 Å². The normalized spacial score (nSPS) is 11.5. The molecule has 0 heterocycles. The van der Waals surface area contributed by atoms with Crippen LogP contribution in [0.3, 0.4) is 0 Å². The SMILES string of the molecule is CCOc1cc([N+](=O)[O-])c(COCCCCCC[Si](OC)(OC)OC)cc1OC. The van der Waals surface area contributed by atoms with E-state index < -0.39 is 13.7 Å². The van der Waals surface area contributed by atoms with Crippen molar-refractivity contribution in [1.29, 1.82) is 0 Å². The maximum atomic E-state index is 11.4. The summed E-state index contributed by atoms with van der Waals surface area (Å²) < 4.78 is 32.5. The third-order valence-corrected chi connectivity index (χ3v) is 7.41. The van der Waals surface area contributed by atoms with Gasteiger partial charge in [-0.3, -0.25) is 10.1 Å². The lowest BCUT2D eigenvalue weighted by Gasteiger charge is -2.24. The van der Waals surface area contributed by atoms with Gasteiger partial charge in [-0.2, -0.15) is 0 Å². The standard InChI is InChI=1S/C19H33NO8Si/c1-6-28-19-14-17(20(21)22)16(13-18(19)23-2)15-27-11-9-7-8-10-12-29(24-3,25-4)26-5/h13-14H,6-12,15H2,1-5H3. The molecule has 1 rings (SSSR count). The number of methoxy groups -OCH3 is 1. The van der Waals surface area contributed by atoms with Gasteiger partial charge in [0, 0.05) is 34.0 Å². The second-order valence-electron chi connectivity index (χ2n) is 6.33. The molecule has 1 aromatic carbocycles. The van der Waals surface area contributed by atoms with E-state index in [2.05, 4.69) is 0 Å². The molecule has 166 valence electrons. The van der Waals surface area contributed by atoms with Crippen LogP contribution in [0.2, 0.25) is 6.04 Å². The minimum Gasteiger partial charge on any atom is -0.493 e. The molecule has 0 saturated carbocycles. The number of benzene rings is 1. The van der Waals surface area contributed by atoms with E-state index >= 15 is 0 Å². The molecule has 0 amide bonds. The molecule has 10 heteroatoms. The molecule has 0 atom stereocenters. The quantitative estimate of drug-likeness (QED) is 0.168. The van der Waals surface area contributed by atoms with Gasteiger partial charge in [-0.05, 0) is 25.8 Å². The van der Waals surface area contributed by atoms with Gasteiger partial charge < -0.3 is 27.5 Å². The van der Waals surface area contributed by atoms with E-state index in [1.54, 1.807) is 27.4 Å². The predicted octanol–water partition coefficient (Wildman–Crippen LogP) is 3.96. The Morgan fingerprint density at radius 1 is 0.966 bits per heavy atom. The van der Waals surface area contributed by atoms with Gasteiger partial charge in [0.2, 0.25) is 0 Å². The van der Waals surface area contributed by atoms with Gasteiger partial charge in [-0.15, -0.1) is 0 Å². The van der Waals surface area contributed by atoms with Crippen molar-refractivity contribution in [3.05, 3.63) is 27.8 Å². The van der Waals surface area contributed by atoms with Gasteiger partial charge in [0.1, 0.15) is 0 Å². The van der Waals surface area contributed by atoms with Gasteiger partial charge in [-0.1, -0.05) is 12.8 Å². The average Bonchev–Trinajstić information content (AvgIpc) is 2.73. The van der Waals surface area contributed by atoms with Crippen LogP contribution in [-0.2, 0) is 24.6 Å². The molecule has 0 unspecified atom stereocenters. The lowest BCUT2D eigenvalue weighted by Crippen LogP contribution is -2.42. The zero-order valence-electron chi connectivity index (χ0n) is 18.0. The first-order valence-corrected chi connectivity index (χ1v) is 11.6. The van der Waals surface area contributed by atoms with Crippen molar-refractivity contribution in [1.82, 2.24) is 0 Å². The highest BCUT2D eigenvalue weighted by molar-refractivity contribution is 6.60. The molecule has 0 aliphatic heterocycles. The maximum Gasteiger partial charge on any atom is 0.500 e. The summed E-state index contributed by atoms with van der Waals surface area (Å²) in [5.41, 5.74) is 0.431. The van der Waals surface area contributed by atoms with E-state index in [0.29, 0.717) is 30.3 Å². The summed E-state index contributed by atoms with van der Waals surface area (Å²) in [5.74, 6) is 0.811. The van der Waals surface area contributed by atoms with E-state index in [1.165, 1.54) is 13.2 Å². The number of hydrogen-bond donors (Lipinski definition) is 0. The molecule has 0 bridgehead atoms. The van der Waals surface area contributed by atoms with E-state index in [1.807, 2.05) is 6.92 Å². The first kappa shape index (κ1) is 25.3. The van der Waals surface area contributed by atoms with Crippen molar-refractivity contribution in [2.75, 3.05) is 41.7 Å². The summed E-state index contributed by atoms with van der Waals surface area (Å²) in [6.07, 6.45) is 3.80. The Balaban J connectivity index is 2.45. The number of nitro groups is 1. The fourth-order valence-electron chi connectivity index (χ4n) is 2.94. The molecule has 29 heavy (non-hydrogen) atoms. The van der Waals surface area contributed by atoms with Crippen molar-refractivity contribution >= 4 is 14.5 Å². The Morgan fingerprint density at radius 2 is 1.62 bits per heavy atom. The Hall–Kier alpha value is -1.72. The summed E-state index contributed by atoms with van der Waals surface area (Å²) in [4.78, 5) is 10.9. The van der Waals surface area contributed by atoms with E-state index in [9.17, 15) is 10.1 Å². The fourth-order valence-corrected chi connectivity index (χ4v) is 4.74. The third-order valence-electron chi connectivity index (χ3n) is 4.57. The van der Waals surface area contributed by atoms with Crippen molar-refractivity contribution in [3.8, 4) is 11.5 Å². The number of nitrogens with zero attached hydrogens (tertiary/aromatic N) is 1. The molecule has 0 spiro atoms. The molecular formula is C19H33NO8Si. The molecule has 9 nitrogen and oxygen atoms in total. The molecule has 0 aromatic heterocycles. The predicted molar refractivity (Wildman–Crippen MR) is 111 cm³/mol. The van der Waals surface area contributed by atoms with E-state index in [-0.39, 0.29) is 12.3 Å². The second-order valence-corrected chi connectivity index (χ2v) is 9.42. The number of nitro benzene ring substituents is 1. The smallest absolute Gasteiger partial charge is 0.493 e. The summed E-state index contributed by atoms with van der Waals surface area (Å²) in [6.45, 7) is 2.87. The highest BCUT2D eigenvalue weighted by Crippen LogP contribution is 2.35. The maximum absolute atomic E-state index is 11.4. The summed E-state index contributed by atoms with van der Waals surface area (Å²) >= 11 is 0. The Morgan fingerprint density at radius 3 is 2.17 bits per heavy atom. The minimum absolute atomic E-state index is 0.0331. The van der Waals surface area contributed by atoms with Gasteiger partial charge in [0.05, 0.1) is 36.9 Å². The molecule has 0 fully saturated rings. The monoisotopic (exact) mass is 431 g/mol. The molecule has 0 saturated heterocycles. The highest BCUT2D eigenvalue weighted by atomic mass is 28.4. The van der Waals surface area contributed by atoms with Crippen molar-refractivity contribution in [2.45, 2.75) is 45.3 Å². The Kier molecular flexibility index (Phi) is 11.8. The molecule has 1 aromatic rings. The average molecular weight is 432 g/mol. The first-order chi connectivity index (χ1) is 14.0. The van der Waals surface area contributed by atoms with Crippen LogP contribution in [0.15, 0.2) is 12.1 Å². The van der Waals surface area contributed by atoms with Crippen LogP contribution in [0.4, 0.5) is 5.69 Å². The molecule has 0 aliphatic carbocycles. The zero-order valence-corrected chi connectivity index (χ0v) is 19.0. The third kappa shape index (κ3) is 7.90. The topological polar surface area (TPSA) is 98.5 Å². The van der Waals surface area contributed by atoms with Crippen molar-refractivity contribution in [2.24, 2.45) is 0 Å². The molecule has 0 N–H and O–H groups in total. The van der Waals surface area contributed by atoms with Gasteiger partial charge in [0.25, 0.3) is 5.69 Å². The van der Waals surface area contributed by atoms with Crippen LogP contribution in [0, 0.1) is 10.1 Å². The summed E-state index contributed by atoms with van der Waals surface area (Å²) in [5, 5.41) is 11.4. The lowest BCUT2D eigenvalue weighted by atomic mass is 10.1. The first-order valence-electron chi connectivity index (χ1n) is 9.68. The van der Waals surface area contributed by atoms with Crippen LogP contribution >= 0.6 is 0 Å². The number of hydrogen-bond acceptors (Lipinski definition) is 8. The van der Waals surface area contributed by atoms with Gasteiger partial charge >= 0.3 is 8.80 Å². The molecular weight excluding hydrogens is 398 g/mol. The van der Waals surface area contributed by atoms with Crippen molar-refractivity contribution in [3.63, 3.8) is 0 Å². The van der Waals surface area contributed by atoms with Crippen LogP contribution in [-0.4, -0.2) is 55.4 Å². The van der Waals surface area contributed by atoms with Crippen LogP contribution < -0.4 is 9.47 Å². The summed E-state index contributed by atoms with van der Waals surface area (Å²) in [6, 6.07) is 3.77. The zero-order chi connectivity index (χ0) is 21.7. The lowest BCUT2D eigenvalue weighted by molar-refractivity contribution is -0.386. The highest BCUT2D eigenvalue weighted by Gasteiger charge is 2.36. The largest absolute Gasteiger partial charge is 0.500 e. The number of unbranched alkanes of at least 4 members (excludes halogenated alkanes) is 3. The number of ether oxygens (including phenoxy) is 3. The summed E-state index contributed by atoms with van der Waals surface area (Å²) in [7, 11) is 3.85. The minimum atomic E-state index is -2.49. The van der Waals surface area contributed by atoms with Gasteiger partial charge in [0.15, 0.2) is 11.5 Å². The molecule has 0 radical (unpaired) electrons. The second kappa shape index (κ2) is 13.5. The van der Waals surface area contributed by atoms with Crippen LogP contribution in [0.25, 0.3) is 0 Å². The number of rotatable bonds is 16. The Labute approximate surface area is 173 Å². The van der Waals surface area contributed by atoms with Crippen molar-refractivity contribution < 1.29 is 32.4 Å². The molecule has 0 aliphatic rings. The fraction of sp³-hybridized carbons (Fsp3) is 0.684. The van der Waals surface area contributed by atoms with E-state index in [0.717, 1.165) is 31.7 Å².